The molecule has 0 saturated carbocycles. The molecule has 0 atom stereocenters. The Labute approximate surface area is 154 Å². The van der Waals surface area contributed by atoms with Gasteiger partial charge in [0, 0.05) is 24.1 Å². The van der Waals surface area contributed by atoms with E-state index in [1.807, 2.05) is 20.8 Å². The van der Waals surface area contributed by atoms with Crippen molar-refractivity contribution in [2.24, 2.45) is 0 Å². The normalized spacial score (nSPS) is 18.0. The maximum Gasteiger partial charge on any atom is 0.410 e. The van der Waals surface area contributed by atoms with Crippen LogP contribution in [0.2, 0.25) is 0 Å². The molecule has 1 heterocycles. The SMILES string of the molecule is CCCCOCCOC1(CI)CCN(C(=O)OC(C)(C)C)CC1. The second kappa shape index (κ2) is 10.0. The van der Waals surface area contributed by atoms with E-state index in [1.165, 1.54) is 0 Å². The first-order valence-electron chi connectivity index (χ1n) is 8.57. The molecule has 23 heavy (non-hydrogen) atoms. The predicted octanol–water partition coefficient (Wildman–Crippen LogP) is 4.02. The fraction of sp³-hybridized carbons (Fsp3) is 0.941. The average molecular weight is 441 g/mol. The van der Waals surface area contributed by atoms with Gasteiger partial charge in [-0.3, -0.25) is 0 Å². The van der Waals surface area contributed by atoms with Gasteiger partial charge in [0.05, 0.1) is 18.8 Å². The number of amides is 1. The number of hydrogen-bond acceptors (Lipinski definition) is 4. The van der Waals surface area contributed by atoms with Crippen molar-refractivity contribution >= 4 is 28.7 Å². The number of piperidine rings is 1. The third-order valence-electron chi connectivity index (χ3n) is 3.85. The standard InChI is InChI=1S/C17H32INO4/c1-5-6-11-21-12-13-22-17(14-18)7-9-19(10-8-17)15(20)23-16(2,3)4/h5-14H2,1-4H3. The van der Waals surface area contributed by atoms with Crippen molar-refractivity contribution in [2.75, 3.05) is 37.3 Å². The van der Waals surface area contributed by atoms with E-state index in [0.29, 0.717) is 26.3 Å². The predicted molar refractivity (Wildman–Crippen MR) is 100 cm³/mol. The van der Waals surface area contributed by atoms with E-state index in [2.05, 4.69) is 29.5 Å². The van der Waals surface area contributed by atoms with Crippen molar-refractivity contribution in [1.82, 2.24) is 4.90 Å². The van der Waals surface area contributed by atoms with Gasteiger partial charge in [-0.2, -0.15) is 0 Å². The van der Waals surface area contributed by atoms with Crippen LogP contribution in [0.5, 0.6) is 0 Å². The molecule has 0 aromatic carbocycles. The van der Waals surface area contributed by atoms with Gasteiger partial charge in [0.2, 0.25) is 0 Å². The second-order valence-electron chi connectivity index (χ2n) is 7.10. The van der Waals surface area contributed by atoms with Crippen LogP contribution in [-0.2, 0) is 14.2 Å². The summed E-state index contributed by atoms with van der Waals surface area (Å²) >= 11 is 2.38. The molecule has 1 aliphatic rings. The smallest absolute Gasteiger partial charge is 0.410 e. The molecule has 5 nitrogen and oxygen atoms in total. The van der Waals surface area contributed by atoms with E-state index in [4.69, 9.17) is 14.2 Å². The van der Waals surface area contributed by atoms with Crippen molar-refractivity contribution in [3.8, 4) is 0 Å². The zero-order chi connectivity index (χ0) is 17.3. The second-order valence-corrected chi connectivity index (χ2v) is 7.86. The highest BCUT2D eigenvalue weighted by molar-refractivity contribution is 14.1. The quantitative estimate of drug-likeness (QED) is 0.324. The molecule has 0 aliphatic carbocycles. The molecule has 1 rings (SSSR count). The van der Waals surface area contributed by atoms with Gasteiger partial charge in [-0.25, -0.2) is 4.79 Å². The summed E-state index contributed by atoms with van der Waals surface area (Å²) in [7, 11) is 0. The first-order chi connectivity index (χ1) is 10.8. The van der Waals surface area contributed by atoms with Crippen molar-refractivity contribution in [2.45, 2.75) is 64.6 Å². The van der Waals surface area contributed by atoms with Gasteiger partial charge in [-0.05, 0) is 40.0 Å². The van der Waals surface area contributed by atoms with Crippen LogP contribution in [0.3, 0.4) is 0 Å². The number of carbonyl (C=O) groups is 1. The molecule has 6 heteroatoms. The van der Waals surface area contributed by atoms with Gasteiger partial charge in [-0.15, -0.1) is 0 Å². The molecular formula is C17H32INO4. The van der Waals surface area contributed by atoms with E-state index in [1.54, 1.807) is 4.90 Å². The zero-order valence-electron chi connectivity index (χ0n) is 15.0. The summed E-state index contributed by atoms with van der Waals surface area (Å²) in [6, 6.07) is 0. The highest BCUT2D eigenvalue weighted by atomic mass is 127. The van der Waals surface area contributed by atoms with Crippen LogP contribution in [0, 0.1) is 0 Å². The number of rotatable bonds is 8. The molecule has 136 valence electrons. The molecule has 0 radical (unpaired) electrons. The summed E-state index contributed by atoms with van der Waals surface area (Å²) < 4.78 is 18.0. The van der Waals surface area contributed by atoms with Gasteiger partial charge in [-0.1, -0.05) is 35.9 Å². The largest absolute Gasteiger partial charge is 0.444 e. The number of hydrogen-bond donors (Lipinski definition) is 0. The Morgan fingerprint density at radius 2 is 1.83 bits per heavy atom. The maximum atomic E-state index is 12.1. The van der Waals surface area contributed by atoms with Crippen LogP contribution in [0.15, 0.2) is 0 Å². The lowest BCUT2D eigenvalue weighted by atomic mass is 9.93. The molecule has 1 fully saturated rings. The Hall–Kier alpha value is -0.0800. The molecule has 0 N–H and O–H groups in total. The lowest BCUT2D eigenvalue weighted by molar-refractivity contribution is -0.0833. The highest BCUT2D eigenvalue weighted by Crippen LogP contribution is 2.29. The summed E-state index contributed by atoms with van der Waals surface area (Å²) in [5.41, 5.74) is -0.575. The minimum atomic E-state index is -0.443. The topological polar surface area (TPSA) is 48.0 Å². The molecule has 0 unspecified atom stereocenters. The summed E-state index contributed by atoms with van der Waals surface area (Å²) in [4.78, 5) is 13.9. The van der Waals surface area contributed by atoms with E-state index < -0.39 is 5.60 Å². The Balaban J connectivity index is 2.33. The Kier molecular flexibility index (Phi) is 9.15. The molecule has 0 aromatic heterocycles. The summed E-state index contributed by atoms with van der Waals surface area (Å²) in [5, 5.41) is 0. The van der Waals surface area contributed by atoms with E-state index in [0.717, 1.165) is 36.7 Å². The van der Waals surface area contributed by atoms with Crippen LogP contribution in [0.1, 0.15) is 53.4 Å². The highest BCUT2D eigenvalue weighted by Gasteiger charge is 2.37. The van der Waals surface area contributed by atoms with E-state index in [9.17, 15) is 4.79 Å². The minimum absolute atomic E-state index is 0.132. The molecular weight excluding hydrogens is 409 g/mol. The molecule has 1 saturated heterocycles. The number of nitrogens with zero attached hydrogens (tertiary/aromatic N) is 1. The van der Waals surface area contributed by atoms with Gasteiger partial charge in [0.25, 0.3) is 0 Å². The van der Waals surface area contributed by atoms with Gasteiger partial charge in [0.1, 0.15) is 5.60 Å². The number of unbranched alkanes of at least 4 members (excludes halogenated alkanes) is 1. The number of alkyl halides is 1. The average Bonchev–Trinajstić information content (AvgIpc) is 2.49. The fourth-order valence-electron chi connectivity index (χ4n) is 2.41. The Morgan fingerprint density at radius 3 is 2.35 bits per heavy atom. The van der Waals surface area contributed by atoms with E-state index >= 15 is 0 Å². The number of carbonyl (C=O) groups excluding carboxylic acids is 1. The fourth-order valence-corrected chi connectivity index (χ4v) is 3.39. The Morgan fingerprint density at radius 1 is 1.17 bits per heavy atom. The lowest BCUT2D eigenvalue weighted by Gasteiger charge is -2.40. The lowest BCUT2D eigenvalue weighted by Crippen LogP contribution is -2.50. The first-order valence-corrected chi connectivity index (χ1v) is 10.1. The monoisotopic (exact) mass is 441 g/mol. The van der Waals surface area contributed by atoms with Gasteiger partial charge < -0.3 is 19.1 Å². The first kappa shape index (κ1) is 21.0. The van der Waals surface area contributed by atoms with Crippen LogP contribution >= 0.6 is 22.6 Å². The third kappa shape index (κ3) is 8.03. The summed E-state index contributed by atoms with van der Waals surface area (Å²) in [6.07, 6.45) is 3.73. The number of likely N-dealkylation sites (tertiary alicyclic amines) is 1. The van der Waals surface area contributed by atoms with Crippen molar-refractivity contribution in [3.05, 3.63) is 0 Å². The summed E-state index contributed by atoms with van der Waals surface area (Å²) in [6.45, 7) is 11.3. The van der Waals surface area contributed by atoms with Crippen LogP contribution in [0.25, 0.3) is 0 Å². The van der Waals surface area contributed by atoms with Crippen LogP contribution in [-0.4, -0.2) is 59.5 Å². The van der Waals surface area contributed by atoms with Crippen molar-refractivity contribution in [3.63, 3.8) is 0 Å². The van der Waals surface area contributed by atoms with Gasteiger partial charge in [0.15, 0.2) is 0 Å². The van der Waals surface area contributed by atoms with Crippen molar-refractivity contribution < 1.29 is 19.0 Å². The maximum absolute atomic E-state index is 12.1. The Bertz CT molecular complexity index is 349. The third-order valence-corrected chi connectivity index (χ3v) is 5.24. The number of halogens is 1. The molecule has 1 amide bonds. The minimum Gasteiger partial charge on any atom is -0.444 e. The van der Waals surface area contributed by atoms with Crippen LogP contribution in [0.4, 0.5) is 4.79 Å². The van der Waals surface area contributed by atoms with E-state index in [-0.39, 0.29) is 11.7 Å². The zero-order valence-corrected chi connectivity index (χ0v) is 17.2. The molecule has 1 aliphatic heterocycles. The molecule has 0 bridgehead atoms. The molecule has 0 spiro atoms. The number of ether oxygens (including phenoxy) is 3. The van der Waals surface area contributed by atoms with Gasteiger partial charge >= 0.3 is 6.09 Å². The van der Waals surface area contributed by atoms with Crippen molar-refractivity contribution in [1.29, 1.82) is 0 Å². The molecule has 0 aromatic rings. The van der Waals surface area contributed by atoms with Crippen LogP contribution < -0.4 is 0 Å². The summed E-state index contributed by atoms with van der Waals surface area (Å²) in [5.74, 6) is 0.